The highest BCUT2D eigenvalue weighted by molar-refractivity contribution is 5.93. The molecule has 4 heterocycles. The lowest BCUT2D eigenvalue weighted by Gasteiger charge is -2.37. The first-order valence-corrected chi connectivity index (χ1v) is 15.2. The van der Waals surface area contributed by atoms with E-state index >= 15 is 0 Å². The maximum atomic E-state index is 13.6. The van der Waals surface area contributed by atoms with Crippen molar-refractivity contribution >= 4 is 17.3 Å². The van der Waals surface area contributed by atoms with Gasteiger partial charge in [0.05, 0.1) is 24.0 Å². The van der Waals surface area contributed by atoms with E-state index in [2.05, 4.69) is 44.4 Å². The molecule has 1 unspecified atom stereocenters. The summed E-state index contributed by atoms with van der Waals surface area (Å²) >= 11 is 0. The lowest BCUT2D eigenvalue weighted by molar-refractivity contribution is -0.137. The van der Waals surface area contributed by atoms with Crippen molar-refractivity contribution in [1.82, 2.24) is 19.7 Å². The molecule has 3 aromatic rings. The van der Waals surface area contributed by atoms with Crippen LogP contribution in [0.2, 0.25) is 0 Å². The summed E-state index contributed by atoms with van der Waals surface area (Å²) in [4.78, 5) is 26.4. The number of pyridine rings is 1. The summed E-state index contributed by atoms with van der Waals surface area (Å²) in [5, 5.41) is 3.48. The average Bonchev–Trinajstić information content (AvgIpc) is 3.37. The van der Waals surface area contributed by atoms with E-state index in [-0.39, 0.29) is 5.91 Å². The molecule has 2 fully saturated rings. The van der Waals surface area contributed by atoms with Crippen LogP contribution in [0, 0.1) is 0 Å². The van der Waals surface area contributed by atoms with Gasteiger partial charge in [0.1, 0.15) is 0 Å². The lowest BCUT2D eigenvalue weighted by Crippen LogP contribution is -2.55. The second-order valence-corrected chi connectivity index (χ2v) is 12.0. The molecule has 1 amide bonds. The Bertz CT molecular complexity index is 1430. The van der Waals surface area contributed by atoms with Crippen LogP contribution in [-0.4, -0.2) is 85.2 Å². The van der Waals surface area contributed by atoms with Crippen LogP contribution < -0.4 is 15.0 Å². The fourth-order valence-electron chi connectivity index (χ4n) is 6.51. The van der Waals surface area contributed by atoms with Crippen molar-refractivity contribution < 1.29 is 22.7 Å². The number of piperidine rings is 1. The number of hydrogen-bond donors (Lipinski definition) is 1. The third-order valence-electron chi connectivity index (χ3n) is 9.16. The Morgan fingerprint density at radius 3 is 2.20 bits per heavy atom. The number of benzene rings is 2. The predicted octanol–water partition coefficient (Wildman–Crippen LogP) is 5.02. The number of nitrogens with one attached hydrogen (secondary N) is 1. The fourth-order valence-corrected chi connectivity index (χ4v) is 6.51. The number of rotatable bonds is 7. The minimum Gasteiger partial charge on any atom is -0.481 e. The van der Waals surface area contributed by atoms with Crippen LogP contribution >= 0.6 is 0 Å². The molecule has 234 valence electrons. The molecule has 1 aromatic heterocycles. The molecule has 6 rings (SSSR count). The number of ether oxygens (including phenoxy) is 1. The Kier molecular flexibility index (Phi) is 8.68. The molecule has 0 radical (unpaired) electrons. The van der Waals surface area contributed by atoms with Gasteiger partial charge < -0.3 is 19.9 Å². The zero-order valence-electron chi connectivity index (χ0n) is 25.2. The van der Waals surface area contributed by atoms with E-state index < -0.39 is 17.9 Å². The molecule has 1 atom stereocenters. The first-order chi connectivity index (χ1) is 21.2. The number of piperazine rings is 1. The molecule has 0 spiro atoms. The van der Waals surface area contributed by atoms with Gasteiger partial charge in [-0.1, -0.05) is 24.3 Å². The highest BCUT2D eigenvalue weighted by Gasteiger charge is 2.36. The number of aromatic nitrogens is 1. The van der Waals surface area contributed by atoms with E-state index in [1.54, 1.807) is 7.11 Å². The van der Waals surface area contributed by atoms with Gasteiger partial charge in [0.2, 0.25) is 5.88 Å². The van der Waals surface area contributed by atoms with E-state index in [4.69, 9.17) is 4.74 Å². The number of nitrogens with zero attached hydrogens (tertiary/aromatic N) is 5. The molecule has 0 aliphatic carbocycles. The number of halogens is 3. The van der Waals surface area contributed by atoms with Crippen molar-refractivity contribution in [3.05, 3.63) is 83.0 Å². The van der Waals surface area contributed by atoms with Crippen LogP contribution in [0.1, 0.15) is 41.0 Å². The van der Waals surface area contributed by atoms with E-state index in [1.807, 2.05) is 29.1 Å². The molecular formula is C33H39F3N6O2. The summed E-state index contributed by atoms with van der Waals surface area (Å²) in [7, 11) is 3.58. The summed E-state index contributed by atoms with van der Waals surface area (Å²) in [6.45, 7) is 6.00. The molecule has 11 heteroatoms. The van der Waals surface area contributed by atoms with Crippen molar-refractivity contribution in [2.75, 3.05) is 63.6 Å². The maximum absolute atomic E-state index is 13.6. The standard InChI is InChI=1S/C33H39F3N6O2/c1-39-29-9-6-26(25-11-13-40(14-12-25)22-24-5-10-30(44-2)37-20-24)19-28(29)38-31(39)32(43)42-17-15-41(16-18-42)21-23-3-7-27(8-4-23)33(34,35)36/h3-10,19-20,25,31,38H,11-18,21-22H2,1-2H3. The van der Waals surface area contributed by atoms with E-state index in [0.717, 1.165) is 61.5 Å². The zero-order valence-corrected chi connectivity index (χ0v) is 25.2. The second-order valence-electron chi connectivity index (χ2n) is 12.0. The number of likely N-dealkylation sites (tertiary alicyclic amines) is 1. The Labute approximate surface area is 256 Å². The number of carbonyl (C=O) groups is 1. The predicted molar refractivity (Wildman–Crippen MR) is 164 cm³/mol. The number of alkyl halides is 3. The quantitative estimate of drug-likeness (QED) is 0.404. The molecule has 0 saturated carbocycles. The highest BCUT2D eigenvalue weighted by Crippen LogP contribution is 2.39. The second kappa shape index (κ2) is 12.6. The van der Waals surface area contributed by atoms with Crippen molar-refractivity contribution in [1.29, 1.82) is 0 Å². The van der Waals surface area contributed by atoms with E-state index in [9.17, 15) is 18.0 Å². The zero-order chi connectivity index (χ0) is 30.8. The Morgan fingerprint density at radius 2 is 1.57 bits per heavy atom. The largest absolute Gasteiger partial charge is 0.481 e. The molecule has 44 heavy (non-hydrogen) atoms. The van der Waals surface area contributed by atoms with Gasteiger partial charge in [-0.15, -0.1) is 0 Å². The monoisotopic (exact) mass is 608 g/mol. The van der Waals surface area contributed by atoms with Crippen molar-refractivity contribution in [3.63, 3.8) is 0 Å². The Morgan fingerprint density at radius 1 is 0.909 bits per heavy atom. The Hall–Kier alpha value is -3.83. The molecule has 3 aliphatic heterocycles. The van der Waals surface area contributed by atoms with Gasteiger partial charge in [-0.05, 0) is 72.8 Å². The summed E-state index contributed by atoms with van der Waals surface area (Å²) in [5.74, 6) is 1.15. The van der Waals surface area contributed by atoms with Crippen LogP contribution in [0.3, 0.4) is 0 Å². The van der Waals surface area contributed by atoms with Gasteiger partial charge >= 0.3 is 6.18 Å². The van der Waals surface area contributed by atoms with Crippen LogP contribution in [0.25, 0.3) is 0 Å². The third kappa shape index (κ3) is 6.63. The summed E-state index contributed by atoms with van der Waals surface area (Å²) in [5.41, 5.74) is 4.71. The van der Waals surface area contributed by atoms with Gasteiger partial charge in [-0.25, -0.2) is 4.98 Å². The molecular weight excluding hydrogens is 569 g/mol. The number of likely N-dealkylation sites (N-methyl/N-ethyl adjacent to an activating group) is 1. The number of anilines is 2. The first-order valence-electron chi connectivity index (χ1n) is 15.2. The minimum atomic E-state index is -4.33. The Balaban J connectivity index is 0.992. The summed E-state index contributed by atoms with van der Waals surface area (Å²) < 4.78 is 43.8. The molecule has 2 aromatic carbocycles. The van der Waals surface area contributed by atoms with Gasteiger partial charge in [-0.2, -0.15) is 13.2 Å². The van der Waals surface area contributed by atoms with Crippen LogP contribution in [-0.2, 0) is 24.1 Å². The number of amides is 1. The first kappa shape index (κ1) is 30.2. The highest BCUT2D eigenvalue weighted by atomic mass is 19.4. The minimum absolute atomic E-state index is 0.0424. The van der Waals surface area contributed by atoms with Crippen LogP contribution in [0.5, 0.6) is 5.88 Å². The summed E-state index contributed by atoms with van der Waals surface area (Å²) in [6.07, 6.45) is -0.743. The van der Waals surface area contributed by atoms with Gasteiger partial charge in [-0.3, -0.25) is 14.6 Å². The van der Waals surface area contributed by atoms with E-state index in [0.29, 0.717) is 44.5 Å². The fraction of sp³-hybridized carbons (Fsp3) is 0.455. The molecule has 3 aliphatic rings. The maximum Gasteiger partial charge on any atom is 0.416 e. The van der Waals surface area contributed by atoms with Crippen LogP contribution in [0.15, 0.2) is 60.8 Å². The average molecular weight is 609 g/mol. The van der Waals surface area contributed by atoms with Gasteiger partial charge in [0.25, 0.3) is 5.91 Å². The SMILES string of the molecule is COc1ccc(CN2CCC(c3ccc4c(c3)NC(C(=O)N3CCN(Cc5ccc(C(F)(F)F)cc5)CC3)N4C)CC2)cn1. The summed E-state index contributed by atoms with van der Waals surface area (Å²) in [6, 6.07) is 15.9. The molecule has 1 N–H and O–H groups in total. The van der Waals surface area contributed by atoms with Gasteiger partial charge in [0.15, 0.2) is 6.17 Å². The normalized spacial score (nSPS) is 20.0. The molecule has 8 nitrogen and oxygen atoms in total. The smallest absolute Gasteiger partial charge is 0.416 e. The van der Waals surface area contributed by atoms with E-state index in [1.165, 1.54) is 23.3 Å². The number of fused-ring (bicyclic) bond motifs is 1. The molecule has 0 bridgehead atoms. The van der Waals surface area contributed by atoms with Crippen molar-refractivity contribution in [3.8, 4) is 5.88 Å². The van der Waals surface area contributed by atoms with Crippen molar-refractivity contribution in [2.45, 2.75) is 44.2 Å². The number of carbonyl (C=O) groups excluding carboxylic acids is 1. The van der Waals surface area contributed by atoms with Crippen molar-refractivity contribution in [2.24, 2.45) is 0 Å². The van der Waals surface area contributed by atoms with Crippen LogP contribution in [0.4, 0.5) is 24.5 Å². The topological polar surface area (TPSA) is 64.2 Å². The lowest BCUT2D eigenvalue weighted by atomic mass is 9.89. The number of methoxy groups -OCH3 is 1. The van der Waals surface area contributed by atoms with Gasteiger partial charge in [0, 0.05) is 58.6 Å². The third-order valence-corrected chi connectivity index (χ3v) is 9.16. The number of hydrogen-bond acceptors (Lipinski definition) is 7. The molecule has 2 saturated heterocycles.